The van der Waals surface area contributed by atoms with Crippen molar-refractivity contribution >= 4 is 92.8 Å². The summed E-state index contributed by atoms with van der Waals surface area (Å²) in [6, 6.07) is 51.9. The molecule has 5 aliphatic heterocycles. The number of amidine groups is 3. The van der Waals surface area contributed by atoms with E-state index in [2.05, 4.69) is 136 Å². The molecule has 1 aliphatic carbocycles. The van der Waals surface area contributed by atoms with Crippen LogP contribution in [0.25, 0.3) is 0 Å². The SMILES string of the molecule is CC(C)(C)c1ccc(N2c3ccc(C(C)(C)C)cc3B3c4occc4N(c4ccc(C5=NC6=NC(c7ccccc7)=NC7=NC(c8ccccc8)=NC(=N5)N76)cc4)c4cc(C5CCCC5)cc2c43)cc1. The zero-order chi connectivity index (χ0) is 47.5. The van der Waals surface area contributed by atoms with E-state index in [1.165, 1.54) is 70.4 Å². The fraction of sp³-hybridized carbons (Fsp3) is 0.220. The predicted octanol–water partition coefficient (Wildman–Crippen LogP) is 11.7. The highest BCUT2D eigenvalue weighted by Crippen LogP contribution is 2.48. The fourth-order valence-electron chi connectivity index (χ4n) is 10.9. The van der Waals surface area contributed by atoms with Gasteiger partial charge in [0.25, 0.3) is 6.71 Å². The molecular weight excluding hydrogens is 862 g/mol. The molecule has 70 heavy (non-hydrogen) atoms. The normalized spacial score (nSPS) is 17.1. The van der Waals surface area contributed by atoms with Crippen LogP contribution in [0.15, 0.2) is 186 Å². The Labute approximate surface area is 409 Å². The molecule has 0 atom stereocenters. The quantitative estimate of drug-likeness (QED) is 0.155. The van der Waals surface area contributed by atoms with Gasteiger partial charge in [0.2, 0.25) is 17.9 Å². The van der Waals surface area contributed by atoms with Crippen molar-refractivity contribution in [1.82, 2.24) is 4.90 Å². The molecule has 6 aliphatic rings. The van der Waals surface area contributed by atoms with E-state index in [0.29, 0.717) is 41.3 Å². The minimum absolute atomic E-state index is 0.0357. The maximum atomic E-state index is 6.71. The van der Waals surface area contributed by atoms with Crippen LogP contribution in [-0.2, 0) is 10.8 Å². The summed E-state index contributed by atoms with van der Waals surface area (Å²) in [6.45, 7) is 13.6. The van der Waals surface area contributed by atoms with Crippen LogP contribution in [0.5, 0.6) is 0 Å². The minimum Gasteiger partial charge on any atom is -0.476 e. The Morgan fingerprint density at radius 1 is 0.471 bits per heavy atom. The number of nitrogens with zero attached hydrogens (tertiary/aromatic N) is 9. The molecule has 0 unspecified atom stereocenters. The Morgan fingerprint density at radius 2 is 0.957 bits per heavy atom. The molecule has 0 spiro atoms. The molecule has 0 N–H and O–H groups in total. The molecule has 6 heterocycles. The van der Waals surface area contributed by atoms with Crippen molar-refractivity contribution in [2.24, 2.45) is 30.0 Å². The number of fused-ring (bicyclic) bond motifs is 4. The number of guanidine groups is 3. The lowest BCUT2D eigenvalue weighted by Crippen LogP contribution is -2.61. The van der Waals surface area contributed by atoms with Crippen molar-refractivity contribution in [2.75, 3.05) is 9.80 Å². The molecule has 11 heteroatoms. The number of hydrogen-bond acceptors (Lipinski definition) is 10. The fourth-order valence-corrected chi connectivity index (χ4v) is 10.9. The van der Waals surface area contributed by atoms with Crippen LogP contribution in [0.2, 0.25) is 0 Å². The van der Waals surface area contributed by atoms with Crippen LogP contribution in [0.1, 0.15) is 107 Å². The number of rotatable bonds is 6. The molecule has 0 radical (unpaired) electrons. The van der Waals surface area contributed by atoms with E-state index in [4.69, 9.17) is 34.4 Å². The molecule has 0 bridgehead atoms. The summed E-state index contributed by atoms with van der Waals surface area (Å²) in [7, 11) is 0. The van der Waals surface area contributed by atoms with E-state index in [-0.39, 0.29) is 17.5 Å². The Balaban J connectivity index is 0.962. The van der Waals surface area contributed by atoms with E-state index in [1.807, 2.05) is 66.9 Å². The van der Waals surface area contributed by atoms with Crippen LogP contribution < -0.4 is 26.4 Å². The molecule has 342 valence electrons. The van der Waals surface area contributed by atoms with E-state index < -0.39 is 0 Å². The van der Waals surface area contributed by atoms with Gasteiger partial charge in [-0.3, -0.25) is 0 Å². The van der Waals surface area contributed by atoms with Gasteiger partial charge < -0.3 is 14.2 Å². The third-order valence-corrected chi connectivity index (χ3v) is 14.7. The highest BCUT2D eigenvalue weighted by molar-refractivity contribution is 6.99. The second kappa shape index (κ2) is 15.8. The van der Waals surface area contributed by atoms with Crippen LogP contribution >= 0.6 is 0 Å². The van der Waals surface area contributed by atoms with Gasteiger partial charge in [-0.2, -0.15) is 30.0 Å². The van der Waals surface area contributed by atoms with Crippen LogP contribution in [0, 0.1) is 0 Å². The Morgan fingerprint density at radius 3 is 1.49 bits per heavy atom. The smallest absolute Gasteiger partial charge is 0.297 e. The van der Waals surface area contributed by atoms with Crippen LogP contribution in [0.3, 0.4) is 0 Å². The number of aliphatic imine (C=N–C) groups is 6. The predicted molar refractivity (Wildman–Crippen MR) is 288 cm³/mol. The van der Waals surface area contributed by atoms with E-state index in [9.17, 15) is 0 Å². The Kier molecular flexibility index (Phi) is 9.54. The third kappa shape index (κ3) is 6.92. The summed E-state index contributed by atoms with van der Waals surface area (Å²) in [5.74, 6) is 3.31. The van der Waals surface area contributed by atoms with Crippen molar-refractivity contribution in [3.8, 4) is 0 Å². The molecule has 1 fully saturated rings. The monoisotopic (exact) mass is 913 g/mol. The molecule has 1 aromatic heterocycles. The lowest BCUT2D eigenvalue weighted by Gasteiger charge is -2.43. The molecule has 10 nitrogen and oxygen atoms in total. The largest absolute Gasteiger partial charge is 0.476 e. The van der Waals surface area contributed by atoms with E-state index in [1.54, 1.807) is 4.90 Å². The van der Waals surface area contributed by atoms with Crippen LogP contribution in [-0.4, -0.2) is 47.0 Å². The van der Waals surface area contributed by atoms with Gasteiger partial charge in [0.1, 0.15) is 0 Å². The average molecular weight is 914 g/mol. The molecular formula is C59H52BN9O. The van der Waals surface area contributed by atoms with Crippen molar-refractivity contribution < 1.29 is 4.42 Å². The van der Waals surface area contributed by atoms with Gasteiger partial charge >= 0.3 is 0 Å². The van der Waals surface area contributed by atoms with Gasteiger partial charge in [-0.1, -0.05) is 139 Å². The van der Waals surface area contributed by atoms with E-state index >= 15 is 0 Å². The first kappa shape index (κ1) is 42.2. The summed E-state index contributed by atoms with van der Waals surface area (Å²) in [6.07, 6.45) is 6.74. The summed E-state index contributed by atoms with van der Waals surface area (Å²) in [4.78, 5) is 36.5. The third-order valence-electron chi connectivity index (χ3n) is 14.7. The number of furan rings is 1. The second-order valence-corrected chi connectivity index (χ2v) is 21.2. The van der Waals surface area contributed by atoms with Crippen LogP contribution in [0.4, 0.5) is 34.1 Å². The Hall–Kier alpha value is -7.92. The minimum atomic E-state index is -0.105. The highest BCUT2D eigenvalue weighted by atomic mass is 16.3. The highest BCUT2D eigenvalue weighted by Gasteiger charge is 2.47. The van der Waals surface area contributed by atoms with Crippen molar-refractivity contribution in [3.05, 3.63) is 185 Å². The summed E-state index contributed by atoms with van der Waals surface area (Å²) in [5.41, 5.74) is 16.8. The second-order valence-electron chi connectivity index (χ2n) is 21.2. The standard InChI is InChI=1S/C59H52BN9O/c1-58(2,3)41-23-28-44(29-24-41)67-46-30-25-42(59(4,5)6)35-45(46)60-50-48(67)33-40(36-15-13-14-16-36)34-49(50)68(47-31-32-70-51(47)60)43-26-21-39(22-27-43)54-65-56-63-52(37-17-9-7-10-18-37)61-55-62-53(38-19-11-8-12-20-38)64-57(66-54)69(55)56/h7-12,17-36H,13-16H2,1-6H3. The first-order chi connectivity index (χ1) is 33.9. The first-order valence-electron chi connectivity index (χ1n) is 24.6. The topological polar surface area (TPSA) is 97.0 Å². The number of hydrogen-bond donors (Lipinski definition) is 0. The molecule has 1 saturated carbocycles. The van der Waals surface area contributed by atoms with Gasteiger partial charge in [0, 0.05) is 45.1 Å². The summed E-state index contributed by atoms with van der Waals surface area (Å²) >= 11 is 0. The van der Waals surface area contributed by atoms with Gasteiger partial charge in [-0.25, -0.2) is 4.90 Å². The zero-order valence-electron chi connectivity index (χ0n) is 40.4. The number of anilines is 6. The molecule has 6 aromatic carbocycles. The lowest BCUT2D eigenvalue weighted by molar-refractivity contribution is 0.590. The maximum absolute atomic E-state index is 6.71. The Bertz CT molecular complexity index is 3420. The molecule has 0 saturated heterocycles. The van der Waals surface area contributed by atoms with Crippen molar-refractivity contribution in [3.63, 3.8) is 0 Å². The van der Waals surface area contributed by atoms with Gasteiger partial charge in [-0.15, -0.1) is 0 Å². The zero-order valence-corrected chi connectivity index (χ0v) is 40.4. The molecule has 13 rings (SSSR count). The maximum Gasteiger partial charge on any atom is 0.297 e. The summed E-state index contributed by atoms with van der Waals surface area (Å²) in [5, 5.41) is 0. The summed E-state index contributed by atoms with van der Waals surface area (Å²) < 4.78 is 6.71. The van der Waals surface area contributed by atoms with E-state index in [0.717, 1.165) is 39.4 Å². The number of benzene rings is 6. The molecule has 7 aromatic rings. The van der Waals surface area contributed by atoms with Gasteiger partial charge in [0.05, 0.1) is 17.6 Å². The van der Waals surface area contributed by atoms with Gasteiger partial charge in [0.15, 0.2) is 17.5 Å². The van der Waals surface area contributed by atoms with Crippen molar-refractivity contribution in [1.29, 1.82) is 0 Å². The average Bonchev–Trinajstić information content (AvgIpc) is 4.10. The first-order valence-corrected chi connectivity index (χ1v) is 24.6. The molecule has 0 amide bonds. The lowest BCUT2D eigenvalue weighted by atomic mass is 9.35. The van der Waals surface area contributed by atoms with Crippen molar-refractivity contribution in [2.45, 2.75) is 84.0 Å². The van der Waals surface area contributed by atoms with Gasteiger partial charge in [-0.05, 0) is 118 Å².